The molecule has 1 aliphatic rings. The van der Waals surface area contributed by atoms with Gasteiger partial charge >= 0.3 is 5.97 Å². The standard InChI is InChI=1S/C39H42ClFN4O5/c1-5-39(6-2,38(49)50-23-26-11-8-7-9-12-26)34-18-17-33(28-13-10-14-31(41)21-28)45(34)37(48)25(4)42-35(46)29-16-15-27(32(40)22-29)20-30-19-24(3)43-44-36(30)47/h7-16,19,21-22,25,33-34H,5-6,17-18,20,23H2,1-4H3,(H,42,46)(H,44,47)/t25-,33+,34-/m1/s1. The van der Waals surface area contributed by atoms with Gasteiger partial charge in [-0.25, -0.2) is 9.49 Å². The second-order valence-corrected chi connectivity index (χ2v) is 13.3. The molecule has 262 valence electrons. The van der Waals surface area contributed by atoms with Crippen molar-refractivity contribution in [3.05, 3.63) is 134 Å². The van der Waals surface area contributed by atoms with E-state index in [9.17, 15) is 23.6 Å². The van der Waals surface area contributed by atoms with Crippen LogP contribution in [0.1, 0.15) is 90.8 Å². The maximum Gasteiger partial charge on any atom is 0.314 e. The topological polar surface area (TPSA) is 121 Å². The second kappa shape index (κ2) is 15.8. The number of rotatable bonds is 12. The summed E-state index contributed by atoms with van der Waals surface area (Å²) in [5.41, 5.74) is 2.14. The molecule has 1 fully saturated rings. The molecular weight excluding hydrogens is 659 g/mol. The van der Waals surface area contributed by atoms with Crippen LogP contribution < -0.4 is 10.9 Å². The van der Waals surface area contributed by atoms with Crippen LogP contribution in [-0.2, 0) is 27.4 Å². The first-order valence-electron chi connectivity index (χ1n) is 16.9. The number of likely N-dealkylation sites (tertiary alicyclic amines) is 1. The maximum atomic E-state index is 14.5. The molecule has 1 aromatic heterocycles. The minimum atomic E-state index is -1.03. The molecule has 0 bridgehead atoms. The molecule has 0 unspecified atom stereocenters. The Kier molecular flexibility index (Phi) is 11.5. The number of aryl methyl sites for hydroxylation is 1. The Morgan fingerprint density at radius 3 is 2.44 bits per heavy atom. The lowest BCUT2D eigenvalue weighted by atomic mass is 9.74. The van der Waals surface area contributed by atoms with Crippen LogP contribution in [0.25, 0.3) is 0 Å². The molecule has 2 N–H and O–H groups in total. The number of H-pyrrole nitrogens is 1. The number of carbonyl (C=O) groups is 3. The number of aromatic nitrogens is 2. The van der Waals surface area contributed by atoms with Gasteiger partial charge in [0.1, 0.15) is 18.5 Å². The summed E-state index contributed by atoms with van der Waals surface area (Å²) in [7, 11) is 0. The van der Waals surface area contributed by atoms with Gasteiger partial charge < -0.3 is 15.0 Å². The van der Waals surface area contributed by atoms with Crippen molar-refractivity contribution < 1.29 is 23.5 Å². The van der Waals surface area contributed by atoms with Crippen molar-refractivity contribution in [2.45, 2.75) is 84.5 Å². The lowest BCUT2D eigenvalue weighted by Gasteiger charge is -2.43. The van der Waals surface area contributed by atoms with Gasteiger partial charge in [-0.15, -0.1) is 0 Å². The van der Waals surface area contributed by atoms with Crippen molar-refractivity contribution in [2.75, 3.05) is 0 Å². The van der Waals surface area contributed by atoms with Crippen LogP contribution in [0.15, 0.2) is 83.7 Å². The van der Waals surface area contributed by atoms with Gasteiger partial charge in [0.05, 0.1) is 17.2 Å². The van der Waals surface area contributed by atoms with E-state index in [0.29, 0.717) is 53.1 Å². The fourth-order valence-corrected chi connectivity index (χ4v) is 7.26. The highest BCUT2D eigenvalue weighted by Gasteiger charge is 2.53. The highest BCUT2D eigenvalue weighted by atomic mass is 35.5. The Hall–Kier alpha value is -4.83. The van der Waals surface area contributed by atoms with E-state index in [1.807, 2.05) is 44.2 Å². The van der Waals surface area contributed by atoms with E-state index < -0.39 is 47.1 Å². The van der Waals surface area contributed by atoms with Crippen LogP contribution in [0, 0.1) is 18.2 Å². The van der Waals surface area contributed by atoms with Crippen LogP contribution in [0.3, 0.4) is 0 Å². The summed E-state index contributed by atoms with van der Waals surface area (Å²) in [5, 5.41) is 9.46. The van der Waals surface area contributed by atoms with Crippen molar-refractivity contribution in [3.8, 4) is 0 Å². The predicted octanol–water partition coefficient (Wildman–Crippen LogP) is 6.86. The van der Waals surface area contributed by atoms with Gasteiger partial charge in [-0.3, -0.25) is 19.2 Å². The quantitative estimate of drug-likeness (QED) is 0.156. The number of esters is 1. The summed E-state index contributed by atoms with van der Waals surface area (Å²) in [6, 6.07) is 19.9. The smallest absolute Gasteiger partial charge is 0.314 e. The van der Waals surface area contributed by atoms with Crippen LogP contribution >= 0.6 is 11.6 Å². The molecule has 9 nitrogen and oxygen atoms in total. The van der Waals surface area contributed by atoms with Crippen molar-refractivity contribution >= 4 is 29.4 Å². The average Bonchev–Trinajstić information content (AvgIpc) is 3.56. The Balaban J connectivity index is 1.39. The third-order valence-corrected chi connectivity index (χ3v) is 10.2. The van der Waals surface area contributed by atoms with E-state index in [2.05, 4.69) is 15.5 Å². The molecule has 0 radical (unpaired) electrons. The number of halogens is 2. The summed E-state index contributed by atoms with van der Waals surface area (Å²) in [6.45, 7) is 7.29. The van der Waals surface area contributed by atoms with Gasteiger partial charge in [0.15, 0.2) is 0 Å². The van der Waals surface area contributed by atoms with Gasteiger partial charge in [0.2, 0.25) is 5.91 Å². The first-order chi connectivity index (χ1) is 24.0. The number of carbonyl (C=O) groups excluding carboxylic acids is 3. The summed E-state index contributed by atoms with van der Waals surface area (Å²) in [6.07, 6.45) is 2.07. The number of nitrogens with zero attached hydrogens (tertiary/aromatic N) is 2. The maximum absolute atomic E-state index is 14.5. The second-order valence-electron chi connectivity index (χ2n) is 12.9. The van der Waals surface area contributed by atoms with Gasteiger partial charge in [-0.1, -0.05) is 74.0 Å². The number of amides is 2. The van der Waals surface area contributed by atoms with E-state index >= 15 is 0 Å². The minimum Gasteiger partial charge on any atom is -0.460 e. The van der Waals surface area contributed by atoms with E-state index in [0.717, 1.165) is 5.56 Å². The molecule has 5 rings (SSSR count). The lowest BCUT2D eigenvalue weighted by Crippen LogP contribution is -2.56. The monoisotopic (exact) mass is 700 g/mol. The number of nitrogens with one attached hydrogen (secondary N) is 2. The number of hydrogen-bond acceptors (Lipinski definition) is 6. The number of aromatic amines is 1. The molecule has 0 spiro atoms. The zero-order valence-corrected chi connectivity index (χ0v) is 29.4. The molecule has 3 aromatic carbocycles. The van der Waals surface area contributed by atoms with Crippen molar-refractivity contribution in [3.63, 3.8) is 0 Å². The largest absolute Gasteiger partial charge is 0.460 e. The Morgan fingerprint density at radius 1 is 1.02 bits per heavy atom. The van der Waals surface area contributed by atoms with Crippen molar-refractivity contribution in [1.29, 1.82) is 0 Å². The third-order valence-electron chi connectivity index (χ3n) is 9.81. The highest BCUT2D eigenvalue weighted by Crippen LogP contribution is 2.47. The Bertz CT molecular complexity index is 1910. The molecule has 0 saturated carbocycles. The lowest BCUT2D eigenvalue weighted by molar-refractivity contribution is -0.164. The van der Waals surface area contributed by atoms with Crippen molar-refractivity contribution in [2.24, 2.45) is 5.41 Å². The van der Waals surface area contributed by atoms with Crippen molar-refractivity contribution in [1.82, 2.24) is 20.4 Å². The minimum absolute atomic E-state index is 0.0991. The number of hydrogen-bond donors (Lipinski definition) is 2. The first kappa shape index (κ1) is 36.5. The fourth-order valence-electron chi connectivity index (χ4n) is 7.01. The van der Waals surface area contributed by atoms with Crippen LogP contribution in [-0.4, -0.2) is 45.0 Å². The summed E-state index contributed by atoms with van der Waals surface area (Å²) >= 11 is 6.56. The molecule has 11 heteroatoms. The van der Waals surface area contributed by atoms with Gasteiger partial charge in [-0.2, -0.15) is 5.10 Å². The molecule has 50 heavy (non-hydrogen) atoms. The number of benzene rings is 3. The van der Waals surface area contributed by atoms with E-state index in [4.69, 9.17) is 16.3 Å². The molecular formula is C39H42ClFN4O5. The predicted molar refractivity (Wildman–Crippen MR) is 189 cm³/mol. The Morgan fingerprint density at radius 2 is 1.76 bits per heavy atom. The molecule has 2 heterocycles. The third kappa shape index (κ3) is 7.81. The van der Waals surface area contributed by atoms with E-state index in [1.165, 1.54) is 18.2 Å². The average molecular weight is 701 g/mol. The fraction of sp³-hybridized carbons (Fsp3) is 0.359. The zero-order valence-electron chi connectivity index (χ0n) is 28.7. The van der Waals surface area contributed by atoms with Crippen LogP contribution in [0.5, 0.6) is 0 Å². The van der Waals surface area contributed by atoms with Crippen LogP contribution in [0.2, 0.25) is 5.02 Å². The molecule has 3 atom stereocenters. The number of ether oxygens (including phenoxy) is 1. The normalized spacial score (nSPS) is 16.6. The molecule has 1 saturated heterocycles. The first-order valence-corrected chi connectivity index (χ1v) is 17.3. The van der Waals surface area contributed by atoms with Gasteiger partial charge in [-0.05, 0) is 86.6 Å². The molecule has 1 aliphatic heterocycles. The van der Waals surface area contributed by atoms with E-state index in [-0.39, 0.29) is 24.2 Å². The zero-order chi connectivity index (χ0) is 36.0. The van der Waals surface area contributed by atoms with Gasteiger partial charge in [0, 0.05) is 28.6 Å². The van der Waals surface area contributed by atoms with E-state index in [1.54, 1.807) is 49.1 Å². The SMILES string of the molecule is CCC(CC)(C(=O)OCc1ccccc1)[C@H]1CC[C@@H](c2cccc(F)c2)N1C(=O)[C@@H](C)NC(=O)c1ccc(Cc2cc(C)n[nH]c2=O)c(Cl)c1. The molecule has 4 aromatic rings. The summed E-state index contributed by atoms with van der Waals surface area (Å²) in [4.78, 5) is 55.8. The Labute approximate surface area is 296 Å². The summed E-state index contributed by atoms with van der Waals surface area (Å²) in [5.74, 6) is -1.74. The van der Waals surface area contributed by atoms with Gasteiger partial charge in [0.25, 0.3) is 11.5 Å². The molecule has 2 amide bonds. The van der Waals surface area contributed by atoms with Crippen LogP contribution in [0.4, 0.5) is 4.39 Å². The highest BCUT2D eigenvalue weighted by molar-refractivity contribution is 6.31. The molecule has 0 aliphatic carbocycles. The summed E-state index contributed by atoms with van der Waals surface area (Å²) < 4.78 is 20.4.